The van der Waals surface area contributed by atoms with Gasteiger partial charge in [-0.15, -0.1) is 11.6 Å². The third kappa shape index (κ3) is 3.14. The molecule has 0 nitrogen and oxygen atoms in total. The molecule has 0 aromatic heterocycles. The third-order valence-corrected chi connectivity index (χ3v) is 5.12. The van der Waals surface area contributed by atoms with Crippen molar-refractivity contribution in [3.05, 3.63) is 69.7 Å². The van der Waals surface area contributed by atoms with Gasteiger partial charge in [0.25, 0.3) is 0 Å². The van der Waals surface area contributed by atoms with Gasteiger partial charge in [-0.25, -0.2) is 0 Å². The summed E-state index contributed by atoms with van der Waals surface area (Å²) in [6, 6.07) is 16.0. The molecule has 0 bridgehead atoms. The normalized spacial score (nSPS) is 14.0. The lowest BCUT2D eigenvalue weighted by atomic mass is 9.75. The second-order valence-corrected chi connectivity index (χ2v) is 6.09. The van der Waals surface area contributed by atoms with Crippen LogP contribution in [-0.2, 0) is 11.8 Å². The Bertz CT molecular complexity index is 539. The molecule has 0 aliphatic carbocycles. The van der Waals surface area contributed by atoms with Crippen molar-refractivity contribution in [1.29, 1.82) is 0 Å². The van der Waals surface area contributed by atoms with Gasteiger partial charge in [-0.3, -0.25) is 0 Å². The maximum Gasteiger partial charge on any atom is 0.0453 e. The van der Waals surface area contributed by atoms with Gasteiger partial charge in [0, 0.05) is 21.3 Å². The van der Waals surface area contributed by atoms with E-state index in [0.29, 0.717) is 15.9 Å². The molecule has 1 unspecified atom stereocenters. The van der Waals surface area contributed by atoms with E-state index in [0.717, 1.165) is 18.4 Å². The fraction of sp³-hybridized carbons (Fsp3) is 0.294. The van der Waals surface area contributed by atoms with Gasteiger partial charge in [0.15, 0.2) is 0 Å². The van der Waals surface area contributed by atoms with Crippen molar-refractivity contribution in [2.24, 2.45) is 0 Å². The number of rotatable bonds is 5. The van der Waals surface area contributed by atoms with Crippen LogP contribution in [0.2, 0.25) is 10.0 Å². The zero-order chi connectivity index (χ0) is 14.6. The summed E-state index contributed by atoms with van der Waals surface area (Å²) < 4.78 is 0. The molecule has 0 aliphatic heterocycles. The highest BCUT2D eigenvalue weighted by atomic mass is 35.5. The molecule has 106 valence electrons. The predicted octanol–water partition coefficient (Wildman–Crippen LogP) is 6.12. The molecule has 2 rings (SSSR count). The minimum atomic E-state index is -0.141. The van der Waals surface area contributed by atoms with E-state index in [9.17, 15) is 0 Å². The molecule has 1 atom stereocenters. The fourth-order valence-electron chi connectivity index (χ4n) is 2.48. The maximum atomic E-state index is 6.33. The number of hydrogen-bond donors (Lipinski definition) is 0. The van der Waals surface area contributed by atoms with Crippen LogP contribution in [0.3, 0.4) is 0 Å². The Kier molecular flexibility index (Phi) is 5.37. The first-order valence-electron chi connectivity index (χ1n) is 6.67. The van der Waals surface area contributed by atoms with Crippen LogP contribution >= 0.6 is 34.8 Å². The summed E-state index contributed by atoms with van der Waals surface area (Å²) in [6.07, 6.45) is 1.68. The van der Waals surface area contributed by atoms with Gasteiger partial charge < -0.3 is 0 Å². The lowest BCUT2D eigenvalue weighted by Crippen LogP contribution is -2.30. The lowest BCUT2D eigenvalue weighted by molar-refractivity contribution is 0.458. The molecule has 0 fully saturated rings. The lowest BCUT2D eigenvalue weighted by Gasteiger charge is -2.32. The Hall–Kier alpha value is -0.690. The highest BCUT2D eigenvalue weighted by molar-refractivity contribution is 6.36. The number of hydrogen-bond acceptors (Lipinski definition) is 0. The molecule has 0 spiro atoms. The molecular formula is C17H17Cl3. The Balaban J connectivity index is 2.45. The summed E-state index contributed by atoms with van der Waals surface area (Å²) >= 11 is 18.9. The van der Waals surface area contributed by atoms with Gasteiger partial charge in [-0.1, -0.05) is 66.5 Å². The van der Waals surface area contributed by atoms with Crippen molar-refractivity contribution in [3.63, 3.8) is 0 Å². The van der Waals surface area contributed by atoms with E-state index in [1.54, 1.807) is 0 Å². The van der Waals surface area contributed by atoms with E-state index in [1.807, 2.05) is 36.4 Å². The van der Waals surface area contributed by atoms with Gasteiger partial charge in [0.2, 0.25) is 0 Å². The van der Waals surface area contributed by atoms with E-state index in [-0.39, 0.29) is 5.41 Å². The van der Waals surface area contributed by atoms with Crippen molar-refractivity contribution < 1.29 is 0 Å². The van der Waals surface area contributed by atoms with E-state index < -0.39 is 0 Å². The van der Waals surface area contributed by atoms with Crippen LogP contribution in [0, 0.1) is 0 Å². The average molecular weight is 328 g/mol. The second-order valence-electron chi connectivity index (χ2n) is 5.01. The molecule has 0 N–H and O–H groups in total. The number of alkyl halides is 1. The molecule has 2 aromatic rings. The SMILES string of the molecule is CCC(CCl)(Cc1c(Cl)cccc1Cl)c1ccccc1. The summed E-state index contributed by atoms with van der Waals surface area (Å²) in [4.78, 5) is 0. The van der Waals surface area contributed by atoms with Crippen molar-refractivity contribution in [3.8, 4) is 0 Å². The highest BCUT2D eigenvalue weighted by Crippen LogP contribution is 2.37. The molecule has 0 saturated carbocycles. The van der Waals surface area contributed by atoms with Crippen molar-refractivity contribution in [2.75, 3.05) is 5.88 Å². The van der Waals surface area contributed by atoms with Crippen LogP contribution < -0.4 is 0 Å². The predicted molar refractivity (Wildman–Crippen MR) is 89.3 cm³/mol. The zero-order valence-electron chi connectivity index (χ0n) is 11.4. The molecule has 0 aliphatic rings. The summed E-state index contributed by atoms with van der Waals surface area (Å²) in [5, 5.41) is 1.41. The van der Waals surface area contributed by atoms with Gasteiger partial charge >= 0.3 is 0 Å². The monoisotopic (exact) mass is 326 g/mol. The van der Waals surface area contributed by atoms with Gasteiger partial charge in [-0.05, 0) is 36.1 Å². The minimum absolute atomic E-state index is 0.141. The van der Waals surface area contributed by atoms with Crippen LogP contribution in [0.4, 0.5) is 0 Å². The Morgan fingerprint density at radius 2 is 1.50 bits per heavy atom. The number of halogens is 3. The van der Waals surface area contributed by atoms with Crippen LogP contribution in [0.25, 0.3) is 0 Å². The molecular weight excluding hydrogens is 311 g/mol. The number of benzene rings is 2. The second kappa shape index (κ2) is 6.85. The van der Waals surface area contributed by atoms with Crippen LogP contribution in [-0.4, -0.2) is 5.88 Å². The fourth-order valence-corrected chi connectivity index (χ4v) is 3.45. The van der Waals surface area contributed by atoms with Crippen LogP contribution in [0.15, 0.2) is 48.5 Å². The molecule has 0 amide bonds. The first-order valence-corrected chi connectivity index (χ1v) is 7.96. The topological polar surface area (TPSA) is 0 Å². The summed E-state index contributed by atoms with van der Waals surface area (Å²) in [5.74, 6) is 0.537. The molecule has 0 heterocycles. The first-order chi connectivity index (χ1) is 9.63. The molecule has 0 saturated heterocycles. The molecule has 20 heavy (non-hydrogen) atoms. The van der Waals surface area contributed by atoms with Crippen LogP contribution in [0.1, 0.15) is 24.5 Å². The smallest absolute Gasteiger partial charge is 0.0453 e. The molecule has 2 aromatic carbocycles. The van der Waals surface area contributed by atoms with Crippen LogP contribution in [0.5, 0.6) is 0 Å². The van der Waals surface area contributed by atoms with E-state index >= 15 is 0 Å². The van der Waals surface area contributed by atoms with Gasteiger partial charge in [-0.2, -0.15) is 0 Å². The van der Waals surface area contributed by atoms with E-state index in [4.69, 9.17) is 34.8 Å². The van der Waals surface area contributed by atoms with Crippen molar-refractivity contribution >= 4 is 34.8 Å². The van der Waals surface area contributed by atoms with E-state index in [2.05, 4.69) is 19.1 Å². The Morgan fingerprint density at radius 3 is 2.00 bits per heavy atom. The largest absolute Gasteiger partial charge is 0.126 e. The Morgan fingerprint density at radius 1 is 0.900 bits per heavy atom. The zero-order valence-corrected chi connectivity index (χ0v) is 13.6. The summed E-state index contributed by atoms with van der Waals surface area (Å²) in [7, 11) is 0. The molecule has 0 radical (unpaired) electrons. The van der Waals surface area contributed by atoms with Crippen molar-refractivity contribution in [2.45, 2.75) is 25.2 Å². The third-order valence-electron chi connectivity index (χ3n) is 3.90. The molecule has 3 heteroatoms. The minimum Gasteiger partial charge on any atom is -0.126 e. The van der Waals surface area contributed by atoms with E-state index in [1.165, 1.54) is 5.56 Å². The Labute approximate surface area is 135 Å². The summed E-state index contributed by atoms with van der Waals surface area (Å²) in [6.45, 7) is 2.15. The highest BCUT2D eigenvalue weighted by Gasteiger charge is 2.31. The first kappa shape index (κ1) is 15.7. The standard InChI is InChI=1S/C17H17Cl3/c1-2-17(12-18,13-7-4-3-5-8-13)11-14-15(19)9-6-10-16(14)20/h3-10H,2,11-12H2,1H3. The quantitative estimate of drug-likeness (QED) is 0.580. The van der Waals surface area contributed by atoms with Crippen molar-refractivity contribution in [1.82, 2.24) is 0 Å². The van der Waals surface area contributed by atoms with Gasteiger partial charge in [0.1, 0.15) is 0 Å². The summed E-state index contributed by atoms with van der Waals surface area (Å²) in [5.41, 5.74) is 2.06. The van der Waals surface area contributed by atoms with Gasteiger partial charge in [0.05, 0.1) is 0 Å². The average Bonchev–Trinajstić information content (AvgIpc) is 2.49. The maximum absolute atomic E-state index is 6.33.